The topological polar surface area (TPSA) is 71.7 Å². The number of rotatable bonds is 4. The predicted molar refractivity (Wildman–Crippen MR) is 204 cm³/mol. The van der Waals surface area contributed by atoms with Crippen molar-refractivity contribution in [3.8, 4) is 74.0 Å². The van der Waals surface area contributed by atoms with E-state index in [0.29, 0.717) is 23.0 Å². The highest BCUT2D eigenvalue weighted by atomic mass is 16.5. The number of aromatic nitrogens is 3. The molecule has 242 valence electrons. The molecule has 1 aliphatic carbocycles. The Labute approximate surface area is 301 Å². The normalized spacial score (nSPS) is 12.9. The van der Waals surface area contributed by atoms with E-state index in [1.165, 1.54) is 11.1 Å². The van der Waals surface area contributed by atoms with Gasteiger partial charge < -0.3 is 4.74 Å². The van der Waals surface area contributed by atoms with E-state index in [2.05, 4.69) is 78.9 Å². The van der Waals surface area contributed by atoms with E-state index in [-0.39, 0.29) is 0 Å². The van der Waals surface area contributed by atoms with Gasteiger partial charge >= 0.3 is 0 Å². The second-order valence-corrected chi connectivity index (χ2v) is 13.1. The Bertz CT molecular complexity index is 2610. The van der Waals surface area contributed by atoms with E-state index in [1.807, 2.05) is 97.1 Å². The van der Waals surface area contributed by atoms with Crippen LogP contribution in [0.4, 0.5) is 0 Å². The molecule has 0 atom stereocenters. The highest BCUT2D eigenvalue weighted by Crippen LogP contribution is 2.62. The van der Waals surface area contributed by atoms with Crippen molar-refractivity contribution in [1.29, 1.82) is 5.26 Å². The van der Waals surface area contributed by atoms with Crippen molar-refractivity contribution in [2.45, 2.75) is 5.41 Å². The minimum Gasteiger partial charge on any atom is -0.457 e. The Morgan fingerprint density at radius 3 is 1.38 bits per heavy atom. The molecule has 0 radical (unpaired) electrons. The zero-order valence-electron chi connectivity index (χ0n) is 27.9. The number of para-hydroxylation sites is 2. The second kappa shape index (κ2) is 11.7. The number of ether oxygens (including phenoxy) is 1. The van der Waals surface area contributed by atoms with Gasteiger partial charge in [0.15, 0.2) is 17.5 Å². The molecule has 7 aromatic carbocycles. The van der Waals surface area contributed by atoms with Crippen LogP contribution in [-0.4, -0.2) is 15.0 Å². The molecule has 0 saturated carbocycles. The van der Waals surface area contributed by atoms with Crippen molar-refractivity contribution in [3.05, 3.63) is 198 Å². The van der Waals surface area contributed by atoms with Gasteiger partial charge in [0.05, 0.1) is 17.0 Å². The minimum absolute atomic E-state index is 0.606. The number of nitriles is 1. The quantitative estimate of drug-likeness (QED) is 0.187. The van der Waals surface area contributed by atoms with Crippen LogP contribution in [0.3, 0.4) is 0 Å². The number of nitrogens with zero attached hydrogens (tertiary/aromatic N) is 4. The van der Waals surface area contributed by atoms with Crippen LogP contribution in [0.15, 0.2) is 170 Å². The zero-order chi connectivity index (χ0) is 34.6. The average molecular weight is 665 g/mol. The lowest BCUT2D eigenvalue weighted by Crippen LogP contribution is -2.32. The fourth-order valence-corrected chi connectivity index (χ4v) is 7.90. The Kier molecular flexibility index (Phi) is 6.70. The average Bonchev–Trinajstić information content (AvgIpc) is 3.50. The van der Waals surface area contributed by atoms with Crippen molar-refractivity contribution in [2.75, 3.05) is 0 Å². The van der Waals surface area contributed by atoms with Crippen LogP contribution in [0, 0.1) is 11.3 Å². The maximum absolute atomic E-state index is 9.45. The molecule has 0 unspecified atom stereocenters. The Balaban J connectivity index is 1.24. The van der Waals surface area contributed by atoms with E-state index in [0.717, 1.165) is 61.6 Å². The van der Waals surface area contributed by atoms with Gasteiger partial charge in [-0.05, 0) is 69.8 Å². The Hall–Kier alpha value is -7.16. The fraction of sp³-hybridized carbons (Fsp3) is 0.0213. The summed E-state index contributed by atoms with van der Waals surface area (Å²) in [6.07, 6.45) is 0. The molecule has 0 bridgehead atoms. The monoisotopic (exact) mass is 664 g/mol. The van der Waals surface area contributed by atoms with Gasteiger partial charge in [0, 0.05) is 27.8 Å². The standard InChI is InChI=1S/C47H28N4O/c48-29-30-19-21-31(22-20-30)34-23-25-38-36(27-34)37-28-35(46-50-44(32-11-3-1-4-12-32)49-45(51-46)33-13-5-2-6-14-33)24-26-39(37)47(38)40-15-7-9-17-42(40)52-43-18-10-8-16-41(43)47/h1-28H. The van der Waals surface area contributed by atoms with Crippen LogP contribution in [0.1, 0.15) is 27.8 Å². The summed E-state index contributed by atoms with van der Waals surface area (Å²) in [5.41, 5.74) is 11.7. The molecule has 1 aromatic heterocycles. The summed E-state index contributed by atoms with van der Waals surface area (Å²) in [6.45, 7) is 0. The van der Waals surface area contributed by atoms with E-state index < -0.39 is 5.41 Å². The van der Waals surface area contributed by atoms with Gasteiger partial charge in [-0.25, -0.2) is 15.0 Å². The molecule has 52 heavy (non-hydrogen) atoms. The summed E-state index contributed by atoms with van der Waals surface area (Å²) in [5, 5.41) is 9.45. The van der Waals surface area contributed by atoms with Gasteiger partial charge in [-0.15, -0.1) is 0 Å². The molecule has 1 aliphatic heterocycles. The molecule has 5 nitrogen and oxygen atoms in total. The minimum atomic E-state index is -0.610. The highest BCUT2D eigenvalue weighted by molar-refractivity contribution is 5.92. The van der Waals surface area contributed by atoms with Crippen molar-refractivity contribution < 1.29 is 4.74 Å². The summed E-state index contributed by atoms with van der Waals surface area (Å²) in [4.78, 5) is 15.1. The van der Waals surface area contributed by atoms with E-state index >= 15 is 0 Å². The van der Waals surface area contributed by atoms with E-state index in [9.17, 15) is 5.26 Å². The molecular weight excluding hydrogens is 637 g/mol. The van der Waals surface area contributed by atoms with E-state index in [1.54, 1.807) is 0 Å². The smallest absolute Gasteiger partial charge is 0.164 e. The molecule has 2 heterocycles. The molecule has 2 aliphatic rings. The molecule has 5 heteroatoms. The molecule has 0 N–H and O–H groups in total. The van der Waals surface area contributed by atoms with Crippen molar-refractivity contribution in [3.63, 3.8) is 0 Å². The van der Waals surface area contributed by atoms with Crippen molar-refractivity contribution in [2.24, 2.45) is 0 Å². The fourth-order valence-electron chi connectivity index (χ4n) is 7.90. The van der Waals surface area contributed by atoms with Gasteiger partial charge in [-0.3, -0.25) is 0 Å². The first-order chi connectivity index (χ1) is 25.7. The number of hydrogen-bond donors (Lipinski definition) is 0. The summed E-state index contributed by atoms with van der Waals surface area (Å²) in [7, 11) is 0. The Morgan fingerprint density at radius 1 is 0.404 bits per heavy atom. The van der Waals surface area contributed by atoms with Crippen LogP contribution in [0.5, 0.6) is 11.5 Å². The first-order valence-electron chi connectivity index (χ1n) is 17.2. The zero-order valence-corrected chi connectivity index (χ0v) is 27.9. The summed E-state index contributed by atoms with van der Waals surface area (Å²) >= 11 is 0. The lowest BCUT2D eigenvalue weighted by atomic mass is 9.66. The number of fused-ring (bicyclic) bond motifs is 9. The van der Waals surface area contributed by atoms with E-state index in [4.69, 9.17) is 19.7 Å². The van der Waals surface area contributed by atoms with Gasteiger partial charge in [-0.2, -0.15) is 5.26 Å². The molecule has 8 aromatic rings. The molecule has 0 amide bonds. The molecule has 10 rings (SSSR count). The molecule has 0 fully saturated rings. The van der Waals surface area contributed by atoms with Crippen LogP contribution in [-0.2, 0) is 5.41 Å². The molecule has 1 spiro atoms. The third kappa shape index (κ3) is 4.52. The second-order valence-electron chi connectivity index (χ2n) is 13.1. The largest absolute Gasteiger partial charge is 0.457 e. The van der Waals surface area contributed by atoms with Crippen molar-refractivity contribution in [1.82, 2.24) is 15.0 Å². The Morgan fingerprint density at radius 2 is 0.846 bits per heavy atom. The third-order valence-corrected chi connectivity index (χ3v) is 10.2. The first-order valence-corrected chi connectivity index (χ1v) is 17.2. The van der Waals surface area contributed by atoms with Gasteiger partial charge in [-0.1, -0.05) is 133 Å². The lowest BCUT2D eigenvalue weighted by Gasteiger charge is -2.39. The SMILES string of the molecule is N#Cc1ccc(-c2ccc3c(c2)-c2cc(-c4nc(-c5ccccc5)nc(-c5ccccc5)n4)ccc2C32c3ccccc3Oc3ccccc32)cc1. The lowest BCUT2D eigenvalue weighted by molar-refractivity contribution is 0.436. The third-order valence-electron chi connectivity index (χ3n) is 10.2. The molecule has 0 saturated heterocycles. The highest BCUT2D eigenvalue weighted by Gasteiger charge is 2.51. The number of benzene rings is 7. The number of hydrogen-bond acceptors (Lipinski definition) is 5. The first kappa shape index (κ1) is 29.7. The summed E-state index contributed by atoms with van der Waals surface area (Å²) < 4.78 is 6.56. The van der Waals surface area contributed by atoms with Crippen LogP contribution in [0.2, 0.25) is 0 Å². The maximum Gasteiger partial charge on any atom is 0.164 e. The van der Waals surface area contributed by atoms with Gasteiger partial charge in [0.1, 0.15) is 11.5 Å². The van der Waals surface area contributed by atoms with Crippen LogP contribution in [0.25, 0.3) is 56.4 Å². The van der Waals surface area contributed by atoms with Crippen LogP contribution < -0.4 is 4.74 Å². The predicted octanol–water partition coefficient (Wildman–Crippen LogP) is 10.9. The molecular formula is C47H28N4O. The summed E-state index contributed by atoms with van der Waals surface area (Å²) in [5.74, 6) is 3.54. The van der Waals surface area contributed by atoms with Gasteiger partial charge in [0.2, 0.25) is 0 Å². The summed E-state index contributed by atoms with van der Waals surface area (Å²) in [6, 6.07) is 60.3. The van der Waals surface area contributed by atoms with Crippen molar-refractivity contribution >= 4 is 0 Å². The van der Waals surface area contributed by atoms with Crippen LogP contribution >= 0.6 is 0 Å². The van der Waals surface area contributed by atoms with Gasteiger partial charge in [0.25, 0.3) is 0 Å². The maximum atomic E-state index is 9.45.